The summed E-state index contributed by atoms with van der Waals surface area (Å²) < 4.78 is 0. The van der Waals surface area contributed by atoms with Crippen LogP contribution in [0.15, 0.2) is 0 Å². The van der Waals surface area contributed by atoms with Crippen LogP contribution in [0.25, 0.3) is 0 Å². The molecule has 0 radical (unpaired) electrons. The van der Waals surface area contributed by atoms with E-state index < -0.39 is 0 Å². The van der Waals surface area contributed by atoms with Crippen LogP contribution in [0.5, 0.6) is 0 Å². The first-order chi connectivity index (χ1) is 7.47. The molecule has 0 heterocycles. The van der Waals surface area contributed by atoms with Gasteiger partial charge in [0.25, 0.3) is 0 Å². The van der Waals surface area contributed by atoms with Gasteiger partial charge < -0.3 is 5.73 Å². The van der Waals surface area contributed by atoms with Gasteiger partial charge in [-0.05, 0) is 61.7 Å². The van der Waals surface area contributed by atoms with Crippen molar-refractivity contribution in [3.63, 3.8) is 0 Å². The predicted molar refractivity (Wildman–Crippen MR) is 68.2 cm³/mol. The van der Waals surface area contributed by atoms with Gasteiger partial charge in [0.2, 0.25) is 0 Å². The van der Waals surface area contributed by atoms with Gasteiger partial charge in [-0.3, -0.25) is 0 Å². The maximum absolute atomic E-state index is 6.66. The van der Waals surface area contributed by atoms with Crippen molar-refractivity contribution in [2.75, 3.05) is 0 Å². The third-order valence-electron chi connectivity index (χ3n) is 5.57. The van der Waals surface area contributed by atoms with Gasteiger partial charge in [0.1, 0.15) is 0 Å². The highest BCUT2D eigenvalue weighted by Gasteiger charge is 2.59. The minimum absolute atomic E-state index is 0.224. The number of hydrogen-bond acceptors (Lipinski definition) is 1. The molecule has 4 atom stereocenters. The Kier molecular flexibility index (Phi) is 2.25. The molecule has 4 bridgehead atoms. The highest BCUT2D eigenvalue weighted by Crippen LogP contribution is 2.67. The van der Waals surface area contributed by atoms with Gasteiger partial charge in [0, 0.05) is 5.54 Å². The monoisotopic (exact) mass is 221 g/mol. The van der Waals surface area contributed by atoms with Gasteiger partial charge in [-0.15, -0.1) is 0 Å². The Hall–Kier alpha value is -0.0400. The van der Waals surface area contributed by atoms with Crippen LogP contribution in [0, 0.1) is 16.7 Å². The number of hydrogen-bond donors (Lipinski definition) is 1. The van der Waals surface area contributed by atoms with Crippen molar-refractivity contribution >= 4 is 0 Å². The zero-order valence-electron chi connectivity index (χ0n) is 11.0. The first-order valence-corrected chi connectivity index (χ1v) is 7.26. The molecule has 0 saturated heterocycles. The van der Waals surface area contributed by atoms with E-state index in [2.05, 4.69) is 13.8 Å². The van der Waals surface area contributed by atoms with Crippen LogP contribution in [0.1, 0.15) is 71.6 Å². The normalized spacial score (nSPS) is 54.6. The van der Waals surface area contributed by atoms with Gasteiger partial charge >= 0.3 is 0 Å². The lowest BCUT2D eigenvalue weighted by atomic mass is 9.42. The van der Waals surface area contributed by atoms with Crippen LogP contribution in [0.4, 0.5) is 0 Å². The van der Waals surface area contributed by atoms with Crippen LogP contribution >= 0.6 is 0 Å². The van der Waals surface area contributed by atoms with Gasteiger partial charge in [0.05, 0.1) is 0 Å². The number of unbranched alkanes of at least 4 members (excludes halogenated alkanes) is 1. The molecule has 4 rings (SSSR count). The molecule has 0 aliphatic heterocycles. The Balaban J connectivity index is 1.86. The molecule has 4 fully saturated rings. The summed E-state index contributed by atoms with van der Waals surface area (Å²) in [5, 5.41) is 0. The highest BCUT2D eigenvalue weighted by atomic mass is 14.8. The first kappa shape index (κ1) is 11.1. The Morgan fingerprint density at radius 1 is 1.12 bits per heavy atom. The van der Waals surface area contributed by atoms with E-state index in [0.29, 0.717) is 10.8 Å². The van der Waals surface area contributed by atoms with E-state index >= 15 is 0 Å². The fourth-order valence-electron chi connectivity index (χ4n) is 6.05. The number of nitrogens with two attached hydrogens (primary N) is 1. The van der Waals surface area contributed by atoms with Crippen LogP contribution in [0.3, 0.4) is 0 Å². The van der Waals surface area contributed by atoms with E-state index in [-0.39, 0.29) is 5.54 Å². The maximum Gasteiger partial charge on any atom is 0.0167 e. The summed E-state index contributed by atoms with van der Waals surface area (Å²) in [7, 11) is 0. The molecule has 4 unspecified atom stereocenters. The number of rotatable bonds is 3. The molecule has 0 aromatic heterocycles. The highest BCUT2D eigenvalue weighted by molar-refractivity contribution is 5.14. The summed E-state index contributed by atoms with van der Waals surface area (Å²) in [6.07, 6.45) is 12.7. The zero-order valence-corrected chi connectivity index (χ0v) is 11.0. The molecular formula is C15H27N. The van der Waals surface area contributed by atoms with Crippen molar-refractivity contribution in [1.29, 1.82) is 0 Å². The Bertz CT molecular complexity index is 278. The Labute approximate surface area is 100 Å². The SMILES string of the molecule is CCCCC12CC3CC(C)(CC(N)(C3)C1)C2. The van der Waals surface area contributed by atoms with Crippen LogP contribution < -0.4 is 5.73 Å². The predicted octanol–water partition coefficient (Wildman–Crippen LogP) is 3.86. The van der Waals surface area contributed by atoms with Crippen molar-refractivity contribution < 1.29 is 0 Å². The van der Waals surface area contributed by atoms with Crippen molar-refractivity contribution in [3.8, 4) is 0 Å². The fourth-order valence-corrected chi connectivity index (χ4v) is 6.05. The van der Waals surface area contributed by atoms with E-state index in [0.717, 1.165) is 5.92 Å². The third kappa shape index (κ3) is 1.63. The van der Waals surface area contributed by atoms with Crippen molar-refractivity contribution in [1.82, 2.24) is 0 Å². The second-order valence-electron chi connectivity index (χ2n) is 7.79. The van der Waals surface area contributed by atoms with Crippen LogP contribution in [-0.2, 0) is 0 Å². The van der Waals surface area contributed by atoms with Gasteiger partial charge in [0.15, 0.2) is 0 Å². The molecule has 0 spiro atoms. The first-order valence-electron chi connectivity index (χ1n) is 7.26. The average Bonchev–Trinajstić information content (AvgIpc) is 2.08. The summed E-state index contributed by atoms with van der Waals surface area (Å²) in [4.78, 5) is 0. The molecule has 4 saturated carbocycles. The van der Waals surface area contributed by atoms with Gasteiger partial charge in [-0.25, -0.2) is 0 Å². The molecular weight excluding hydrogens is 194 g/mol. The summed E-state index contributed by atoms with van der Waals surface area (Å²) in [5.41, 5.74) is 8.14. The molecule has 1 heteroatoms. The fraction of sp³-hybridized carbons (Fsp3) is 1.00. The molecule has 4 aliphatic rings. The molecule has 0 amide bonds. The minimum atomic E-state index is 0.224. The average molecular weight is 221 g/mol. The Morgan fingerprint density at radius 2 is 1.94 bits per heavy atom. The molecule has 0 aromatic carbocycles. The smallest absolute Gasteiger partial charge is 0.0167 e. The van der Waals surface area contributed by atoms with Crippen LogP contribution in [0.2, 0.25) is 0 Å². The van der Waals surface area contributed by atoms with E-state index in [4.69, 9.17) is 5.73 Å². The summed E-state index contributed by atoms with van der Waals surface area (Å²) >= 11 is 0. The molecule has 16 heavy (non-hydrogen) atoms. The van der Waals surface area contributed by atoms with Gasteiger partial charge in [-0.1, -0.05) is 26.7 Å². The summed E-state index contributed by atoms with van der Waals surface area (Å²) in [6.45, 7) is 4.83. The second kappa shape index (κ2) is 3.25. The maximum atomic E-state index is 6.66. The molecule has 92 valence electrons. The largest absolute Gasteiger partial charge is 0.325 e. The lowest BCUT2D eigenvalue weighted by Crippen LogP contribution is -2.63. The van der Waals surface area contributed by atoms with E-state index in [9.17, 15) is 0 Å². The molecule has 1 nitrogen and oxygen atoms in total. The lowest BCUT2D eigenvalue weighted by molar-refractivity contribution is -0.117. The second-order valence-corrected chi connectivity index (χ2v) is 7.79. The quantitative estimate of drug-likeness (QED) is 0.769. The lowest BCUT2D eigenvalue weighted by Gasteiger charge is -2.65. The zero-order chi connectivity index (χ0) is 11.4. The van der Waals surface area contributed by atoms with E-state index in [1.54, 1.807) is 0 Å². The van der Waals surface area contributed by atoms with E-state index in [1.807, 2.05) is 0 Å². The third-order valence-corrected chi connectivity index (χ3v) is 5.57. The molecule has 0 aromatic rings. The minimum Gasteiger partial charge on any atom is -0.325 e. The van der Waals surface area contributed by atoms with Crippen molar-refractivity contribution in [2.45, 2.75) is 77.2 Å². The van der Waals surface area contributed by atoms with Crippen molar-refractivity contribution in [3.05, 3.63) is 0 Å². The molecule has 2 N–H and O–H groups in total. The van der Waals surface area contributed by atoms with Crippen molar-refractivity contribution in [2.24, 2.45) is 22.5 Å². The van der Waals surface area contributed by atoms with Crippen LogP contribution in [-0.4, -0.2) is 5.54 Å². The summed E-state index contributed by atoms with van der Waals surface area (Å²) in [5.74, 6) is 0.961. The summed E-state index contributed by atoms with van der Waals surface area (Å²) in [6, 6.07) is 0. The standard InChI is InChI=1S/C15H27N/c1-3-4-5-14-7-12-6-13(2,9-14)10-15(16,8-12)11-14/h12H,3-11,16H2,1-2H3. The molecule has 4 aliphatic carbocycles. The topological polar surface area (TPSA) is 26.0 Å². The Morgan fingerprint density at radius 3 is 2.56 bits per heavy atom. The van der Waals surface area contributed by atoms with Gasteiger partial charge in [-0.2, -0.15) is 0 Å². The van der Waals surface area contributed by atoms with E-state index in [1.165, 1.54) is 57.8 Å².